The van der Waals surface area contributed by atoms with E-state index in [1.165, 1.54) is 23.5 Å². The van der Waals surface area contributed by atoms with Gasteiger partial charge in [-0.25, -0.2) is 0 Å². The number of pyridine rings is 1. The highest BCUT2D eigenvalue weighted by atomic mass is 32.2. The molecule has 1 N–H and O–H groups in total. The number of nitrogens with one attached hydrogen (secondary N) is 1. The van der Waals surface area contributed by atoms with Crippen LogP contribution in [0.4, 0.5) is 0 Å². The van der Waals surface area contributed by atoms with Gasteiger partial charge in [-0.15, -0.1) is 11.8 Å². The third kappa shape index (κ3) is 2.66. The summed E-state index contributed by atoms with van der Waals surface area (Å²) in [5, 5.41) is 1.14. The Morgan fingerprint density at radius 2 is 2.19 bits per heavy atom. The van der Waals surface area contributed by atoms with Crippen molar-refractivity contribution in [3.63, 3.8) is 0 Å². The lowest BCUT2D eigenvalue weighted by atomic mass is 10.2. The quantitative estimate of drug-likeness (QED) is 0.476. The Hall–Kier alpha value is -0.800. The van der Waals surface area contributed by atoms with Crippen molar-refractivity contribution in [1.29, 1.82) is 0 Å². The second kappa shape index (κ2) is 5.51. The van der Waals surface area contributed by atoms with Gasteiger partial charge in [0.25, 0.3) is 0 Å². The van der Waals surface area contributed by atoms with Gasteiger partial charge in [0.2, 0.25) is 0 Å². The van der Waals surface area contributed by atoms with E-state index in [1.54, 1.807) is 0 Å². The molecule has 0 aliphatic carbocycles. The molecule has 0 atom stereocenters. The zero-order chi connectivity index (χ0) is 11.4. The molecule has 2 aromatic rings. The molecular weight excluding hydrogens is 234 g/mol. The first kappa shape index (κ1) is 11.7. The molecule has 0 spiro atoms. The molecule has 0 bridgehead atoms. The van der Waals surface area contributed by atoms with Crippen LogP contribution in [0, 0.1) is 4.51 Å². The lowest BCUT2D eigenvalue weighted by molar-refractivity contribution is 0.896. The van der Waals surface area contributed by atoms with Gasteiger partial charge in [-0.05, 0) is 30.4 Å². The molecule has 84 valence electrons. The maximum atomic E-state index is 5.28. The fourth-order valence-corrected chi connectivity index (χ4v) is 2.86. The number of aromatic nitrogens is 1. The molecule has 0 amide bonds. The van der Waals surface area contributed by atoms with Gasteiger partial charge >= 0.3 is 0 Å². The summed E-state index contributed by atoms with van der Waals surface area (Å²) in [7, 11) is 0. The van der Waals surface area contributed by atoms with Gasteiger partial charge < -0.3 is 4.98 Å². The summed E-state index contributed by atoms with van der Waals surface area (Å²) in [6.07, 6.45) is 4.43. The smallest absolute Gasteiger partial charge is 0.0484 e. The van der Waals surface area contributed by atoms with Crippen LogP contribution in [0.5, 0.6) is 0 Å². The number of unbranched alkanes of at least 4 members (excludes halogenated alkanes) is 1. The monoisotopic (exact) mass is 249 g/mol. The number of thioether (sulfide) groups is 1. The number of rotatable bonds is 4. The van der Waals surface area contributed by atoms with Crippen molar-refractivity contribution in [2.75, 3.05) is 5.75 Å². The van der Waals surface area contributed by atoms with Gasteiger partial charge in [0, 0.05) is 26.5 Å². The molecule has 1 nitrogen and oxygen atoms in total. The molecule has 0 saturated carbocycles. The Balaban J connectivity index is 2.27. The predicted molar refractivity (Wildman–Crippen MR) is 74.8 cm³/mol. The van der Waals surface area contributed by atoms with Crippen LogP contribution in [0.15, 0.2) is 35.4 Å². The molecule has 1 aromatic carbocycles. The van der Waals surface area contributed by atoms with Crippen molar-refractivity contribution in [3.05, 3.63) is 35.0 Å². The Morgan fingerprint density at radius 3 is 3.00 bits per heavy atom. The van der Waals surface area contributed by atoms with E-state index in [-0.39, 0.29) is 0 Å². The Kier molecular flexibility index (Phi) is 4.02. The van der Waals surface area contributed by atoms with Crippen LogP contribution < -0.4 is 0 Å². The molecule has 0 unspecified atom stereocenters. The molecule has 2 rings (SSSR count). The number of H-pyrrole nitrogens is 1. The minimum absolute atomic E-state index is 0.916. The summed E-state index contributed by atoms with van der Waals surface area (Å²) < 4.78 is 0.916. The highest BCUT2D eigenvalue weighted by Crippen LogP contribution is 2.23. The Labute approximate surface area is 105 Å². The number of fused-ring (bicyclic) bond motifs is 1. The van der Waals surface area contributed by atoms with E-state index < -0.39 is 0 Å². The normalized spacial score (nSPS) is 10.8. The Bertz CT molecular complexity index is 531. The highest BCUT2D eigenvalue weighted by Gasteiger charge is 1.98. The van der Waals surface area contributed by atoms with Crippen molar-refractivity contribution in [2.45, 2.75) is 24.7 Å². The van der Waals surface area contributed by atoms with Crippen LogP contribution in [0.3, 0.4) is 0 Å². The van der Waals surface area contributed by atoms with Crippen LogP contribution in [0.25, 0.3) is 10.9 Å². The third-order valence-corrected chi connectivity index (χ3v) is 3.93. The summed E-state index contributed by atoms with van der Waals surface area (Å²) in [5.74, 6) is 1.19. The van der Waals surface area contributed by atoms with Gasteiger partial charge in [-0.3, -0.25) is 0 Å². The van der Waals surface area contributed by atoms with Crippen molar-refractivity contribution in [1.82, 2.24) is 4.98 Å². The average Bonchev–Trinajstić information content (AvgIpc) is 2.30. The second-order valence-corrected chi connectivity index (χ2v) is 5.36. The summed E-state index contributed by atoms with van der Waals surface area (Å²) in [6.45, 7) is 2.22. The number of hydrogen-bond acceptors (Lipinski definition) is 2. The summed E-state index contributed by atoms with van der Waals surface area (Å²) in [4.78, 5) is 4.56. The molecule has 1 heterocycles. The lowest BCUT2D eigenvalue weighted by Crippen LogP contribution is -1.82. The van der Waals surface area contributed by atoms with Gasteiger partial charge in [0.1, 0.15) is 0 Å². The fraction of sp³-hybridized carbons (Fsp3) is 0.308. The highest BCUT2D eigenvalue weighted by molar-refractivity contribution is 7.99. The van der Waals surface area contributed by atoms with Crippen molar-refractivity contribution in [3.8, 4) is 0 Å². The van der Waals surface area contributed by atoms with E-state index in [0.717, 1.165) is 15.4 Å². The maximum absolute atomic E-state index is 5.28. The summed E-state index contributed by atoms with van der Waals surface area (Å²) in [5.41, 5.74) is 1.13. The van der Waals surface area contributed by atoms with E-state index in [9.17, 15) is 0 Å². The second-order valence-electron chi connectivity index (χ2n) is 3.75. The number of hydrogen-bond donors (Lipinski definition) is 1. The van der Waals surface area contributed by atoms with Crippen LogP contribution in [0.2, 0.25) is 0 Å². The van der Waals surface area contributed by atoms with Crippen LogP contribution >= 0.6 is 24.0 Å². The largest absolute Gasteiger partial charge is 0.361 e. The molecule has 0 fully saturated rings. The molecular formula is C13H15NS2. The van der Waals surface area contributed by atoms with E-state index in [4.69, 9.17) is 12.2 Å². The van der Waals surface area contributed by atoms with Gasteiger partial charge in [-0.1, -0.05) is 31.6 Å². The predicted octanol–water partition coefficient (Wildman–Crippen LogP) is 4.79. The Morgan fingerprint density at radius 1 is 1.31 bits per heavy atom. The SMILES string of the molecule is CCCCSc1ccc2c(=S)cc[nH]c2c1. The average molecular weight is 249 g/mol. The van der Waals surface area contributed by atoms with Crippen LogP contribution in [-0.2, 0) is 0 Å². The van der Waals surface area contributed by atoms with E-state index >= 15 is 0 Å². The molecule has 1 aromatic heterocycles. The minimum atomic E-state index is 0.916. The van der Waals surface area contributed by atoms with Gasteiger partial charge in [0.15, 0.2) is 0 Å². The van der Waals surface area contributed by atoms with Gasteiger partial charge in [-0.2, -0.15) is 0 Å². The molecule has 0 saturated heterocycles. The molecule has 3 heteroatoms. The minimum Gasteiger partial charge on any atom is -0.361 e. The standard InChI is InChI=1S/C13H15NS2/c1-2-3-8-16-10-4-5-11-12(9-10)14-7-6-13(11)15/h4-7,9H,2-3,8H2,1H3,(H,14,15). The summed E-state index contributed by atoms with van der Waals surface area (Å²) >= 11 is 7.19. The molecule has 0 radical (unpaired) electrons. The van der Waals surface area contributed by atoms with Gasteiger partial charge in [0.05, 0.1) is 0 Å². The van der Waals surface area contributed by atoms with Crippen molar-refractivity contribution in [2.24, 2.45) is 0 Å². The van der Waals surface area contributed by atoms with E-state index in [2.05, 4.69) is 30.1 Å². The molecule has 0 aliphatic rings. The molecule has 0 aliphatic heterocycles. The van der Waals surface area contributed by atoms with E-state index in [1.807, 2.05) is 24.0 Å². The van der Waals surface area contributed by atoms with Crippen LogP contribution in [0.1, 0.15) is 19.8 Å². The first-order chi connectivity index (χ1) is 7.81. The number of aromatic amines is 1. The van der Waals surface area contributed by atoms with Crippen molar-refractivity contribution >= 4 is 34.9 Å². The fourth-order valence-electron chi connectivity index (χ4n) is 1.58. The topological polar surface area (TPSA) is 15.8 Å². The van der Waals surface area contributed by atoms with Crippen molar-refractivity contribution < 1.29 is 0 Å². The van der Waals surface area contributed by atoms with Crippen LogP contribution in [-0.4, -0.2) is 10.7 Å². The molecule has 16 heavy (non-hydrogen) atoms. The maximum Gasteiger partial charge on any atom is 0.0484 e. The first-order valence-electron chi connectivity index (χ1n) is 5.55. The third-order valence-electron chi connectivity index (χ3n) is 2.50. The summed E-state index contributed by atoms with van der Waals surface area (Å²) in [6, 6.07) is 8.39. The van der Waals surface area contributed by atoms with E-state index in [0.29, 0.717) is 0 Å². The number of benzene rings is 1. The lowest BCUT2D eigenvalue weighted by Gasteiger charge is -2.03. The zero-order valence-corrected chi connectivity index (χ0v) is 11.0. The zero-order valence-electron chi connectivity index (χ0n) is 9.32. The first-order valence-corrected chi connectivity index (χ1v) is 6.95.